The van der Waals surface area contributed by atoms with Gasteiger partial charge >= 0.3 is 0 Å². The number of nitrogens with two attached hydrogens (primary N) is 1. The van der Waals surface area contributed by atoms with Gasteiger partial charge < -0.3 is 19.7 Å². The van der Waals surface area contributed by atoms with Gasteiger partial charge in [-0.1, -0.05) is 11.2 Å². The number of hydrogen-bond donors (Lipinski definition) is 1. The van der Waals surface area contributed by atoms with Crippen molar-refractivity contribution in [3.63, 3.8) is 0 Å². The molecule has 6 heteroatoms. The van der Waals surface area contributed by atoms with E-state index < -0.39 is 0 Å². The van der Waals surface area contributed by atoms with E-state index in [1.54, 1.807) is 11.3 Å². The third kappa shape index (κ3) is 2.04. The third-order valence-corrected chi connectivity index (χ3v) is 4.03. The molecule has 0 spiro atoms. The zero-order chi connectivity index (χ0) is 14.2. The minimum Gasteiger partial charge on any atom is -0.486 e. The number of hydrogen-bond acceptors (Lipinski definition) is 6. The molecule has 0 atom stereocenters. The fourth-order valence-corrected chi connectivity index (χ4v) is 3.02. The van der Waals surface area contributed by atoms with Crippen LogP contribution in [0.4, 0.5) is 5.88 Å². The summed E-state index contributed by atoms with van der Waals surface area (Å²) in [6.45, 7) is 1.12. The summed E-state index contributed by atoms with van der Waals surface area (Å²) in [4.78, 5) is 0. The Balaban J connectivity index is 1.85. The zero-order valence-electron chi connectivity index (χ0n) is 11.0. The maximum atomic E-state index is 5.96. The van der Waals surface area contributed by atoms with Gasteiger partial charge in [0.1, 0.15) is 18.9 Å². The molecule has 0 saturated carbocycles. The van der Waals surface area contributed by atoms with Gasteiger partial charge in [-0.15, -0.1) is 0 Å². The van der Waals surface area contributed by atoms with Crippen LogP contribution in [0.1, 0.15) is 0 Å². The summed E-state index contributed by atoms with van der Waals surface area (Å²) < 4.78 is 16.3. The standard InChI is InChI=1S/C15H12N2O3S/c16-15-13(14(17-20-15)10-3-6-21-8-10)9-1-2-11-12(7-9)19-5-4-18-11/h1-3,6-8H,4-5,16H2. The highest BCUT2D eigenvalue weighted by Crippen LogP contribution is 2.41. The lowest BCUT2D eigenvalue weighted by atomic mass is 10.0. The van der Waals surface area contributed by atoms with Gasteiger partial charge in [-0.05, 0) is 29.1 Å². The van der Waals surface area contributed by atoms with Crippen LogP contribution in [-0.4, -0.2) is 18.4 Å². The van der Waals surface area contributed by atoms with E-state index in [0.29, 0.717) is 19.1 Å². The van der Waals surface area contributed by atoms with E-state index in [9.17, 15) is 0 Å². The number of anilines is 1. The van der Waals surface area contributed by atoms with E-state index in [-0.39, 0.29) is 0 Å². The average Bonchev–Trinajstić information content (AvgIpc) is 3.16. The first-order valence-electron chi connectivity index (χ1n) is 6.50. The Morgan fingerprint density at radius 2 is 1.90 bits per heavy atom. The lowest BCUT2D eigenvalue weighted by molar-refractivity contribution is 0.171. The van der Waals surface area contributed by atoms with Crippen molar-refractivity contribution in [2.24, 2.45) is 0 Å². The second-order valence-corrected chi connectivity index (χ2v) is 5.42. The van der Waals surface area contributed by atoms with Crippen LogP contribution in [0.15, 0.2) is 39.5 Å². The number of rotatable bonds is 2. The molecule has 2 N–H and O–H groups in total. The van der Waals surface area contributed by atoms with Crippen molar-refractivity contribution in [3.8, 4) is 33.9 Å². The van der Waals surface area contributed by atoms with Gasteiger partial charge in [0.2, 0.25) is 5.88 Å². The number of nitrogen functional groups attached to an aromatic ring is 1. The molecule has 4 rings (SSSR count). The van der Waals surface area contributed by atoms with E-state index in [1.165, 1.54) is 0 Å². The fourth-order valence-electron chi connectivity index (χ4n) is 2.38. The first-order valence-corrected chi connectivity index (χ1v) is 7.45. The highest BCUT2D eigenvalue weighted by molar-refractivity contribution is 7.08. The molecule has 5 nitrogen and oxygen atoms in total. The molecular formula is C15H12N2O3S. The molecule has 1 aromatic carbocycles. The molecule has 1 aliphatic heterocycles. The highest BCUT2D eigenvalue weighted by Gasteiger charge is 2.20. The number of aromatic nitrogens is 1. The minimum atomic E-state index is 0.299. The maximum Gasteiger partial charge on any atom is 0.230 e. The summed E-state index contributed by atoms with van der Waals surface area (Å²) in [5.74, 6) is 1.76. The molecule has 1 aliphatic rings. The topological polar surface area (TPSA) is 70.5 Å². The predicted octanol–water partition coefficient (Wildman–Crippen LogP) is 3.42. The van der Waals surface area contributed by atoms with Gasteiger partial charge in [0.15, 0.2) is 11.5 Å². The molecule has 2 aromatic heterocycles. The van der Waals surface area contributed by atoms with Crippen LogP contribution >= 0.6 is 11.3 Å². The van der Waals surface area contributed by atoms with Crippen molar-refractivity contribution in [2.45, 2.75) is 0 Å². The van der Waals surface area contributed by atoms with E-state index in [4.69, 9.17) is 19.7 Å². The molecule has 0 unspecified atom stereocenters. The molecule has 0 bridgehead atoms. The molecule has 0 aliphatic carbocycles. The first-order chi connectivity index (χ1) is 10.3. The van der Waals surface area contributed by atoms with Crippen molar-refractivity contribution in [1.29, 1.82) is 0 Å². The summed E-state index contributed by atoms with van der Waals surface area (Å²) in [6, 6.07) is 7.72. The van der Waals surface area contributed by atoms with Crippen molar-refractivity contribution >= 4 is 17.2 Å². The third-order valence-electron chi connectivity index (χ3n) is 3.34. The quantitative estimate of drug-likeness (QED) is 0.785. The predicted molar refractivity (Wildman–Crippen MR) is 80.7 cm³/mol. The number of fused-ring (bicyclic) bond motifs is 1. The molecule has 0 fully saturated rings. The Hall–Kier alpha value is -2.47. The van der Waals surface area contributed by atoms with Crippen LogP contribution in [0.25, 0.3) is 22.4 Å². The number of benzene rings is 1. The number of thiophene rings is 1. The lowest BCUT2D eigenvalue weighted by Gasteiger charge is -2.18. The Labute approximate surface area is 124 Å². The fraction of sp³-hybridized carbons (Fsp3) is 0.133. The van der Waals surface area contributed by atoms with Crippen LogP contribution < -0.4 is 15.2 Å². The molecule has 3 aromatic rings. The molecule has 21 heavy (non-hydrogen) atoms. The second-order valence-electron chi connectivity index (χ2n) is 4.64. The molecule has 106 valence electrons. The SMILES string of the molecule is Nc1onc(-c2ccsc2)c1-c1ccc2c(c1)OCCO2. The van der Waals surface area contributed by atoms with Crippen molar-refractivity contribution < 1.29 is 14.0 Å². The average molecular weight is 300 g/mol. The van der Waals surface area contributed by atoms with Gasteiger partial charge in [-0.25, -0.2) is 0 Å². The Morgan fingerprint density at radius 3 is 2.71 bits per heavy atom. The van der Waals surface area contributed by atoms with Gasteiger partial charge in [-0.2, -0.15) is 11.3 Å². The molecule has 0 amide bonds. The van der Waals surface area contributed by atoms with E-state index in [0.717, 1.165) is 33.9 Å². The van der Waals surface area contributed by atoms with E-state index >= 15 is 0 Å². The van der Waals surface area contributed by atoms with Crippen molar-refractivity contribution in [2.75, 3.05) is 18.9 Å². The van der Waals surface area contributed by atoms with Crippen molar-refractivity contribution in [3.05, 3.63) is 35.0 Å². The van der Waals surface area contributed by atoms with Gasteiger partial charge in [-0.3, -0.25) is 0 Å². The first kappa shape index (κ1) is 12.3. The molecule has 0 radical (unpaired) electrons. The van der Waals surface area contributed by atoms with Crippen LogP contribution in [0.3, 0.4) is 0 Å². The summed E-state index contributed by atoms with van der Waals surface area (Å²) >= 11 is 1.60. The number of ether oxygens (including phenoxy) is 2. The highest BCUT2D eigenvalue weighted by atomic mass is 32.1. The minimum absolute atomic E-state index is 0.299. The second kappa shape index (κ2) is 4.82. The van der Waals surface area contributed by atoms with E-state index in [2.05, 4.69) is 5.16 Å². The Morgan fingerprint density at radius 1 is 1.05 bits per heavy atom. The van der Waals surface area contributed by atoms with Crippen LogP contribution in [0.5, 0.6) is 11.5 Å². The monoisotopic (exact) mass is 300 g/mol. The molecular weight excluding hydrogens is 288 g/mol. The smallest absolute Gasteiger partial charge is 0.230 e. The van der Waals surface area contributed by atoms with Crippen LogP contribution in [-0.2, 0) is 0 Å². The van der Waals surface area contributed by atoms with Crippen LogP contribution in [0, 0.1) is 0 Å². The zero-order valence-corrected chi connectivity index (χ0v) is 11.9. The Kier molecular flexibility index (Phi) is 2.82. The van der Waals surface area contributed by atoms with Gasteiger partial charge in [0.05, 0.1) is 5.56 Å². The maximum absolute atomic E-state index is 5.96. The van der Waals surface area contributed by atoms with Gasteiger partial charge in [0.25, 0.3) is 0 Å². The lowest BCUT2D eigenvalue weighted by Crippen LogP contribution is -2.15. The largest absolute Gasteiger partial charge is 0.486 e. The molecule has 0 saturated heterocycles. The summed E-state index contributed by atoms with van der Waals surface area (Å²) in [7, 11) is 0. The molecule has 3 heterocycles. The summed E-state index contributed by atoms with van der Waals surface area (Å²) in [6.07, 6.45) is 0. The summed E-state index contributed by atoms with van der Waals surface area (Å²) in [5, 5.41) is 8.09. The van der Waals surface area contributed by atoms with Gasteiger partial charge in [0, 0.05) is 10.9 Å². The number of nitrogens with zero attached hydrogens (tertiary/aromatic N) is 1. The van der Waals surface area contributed by atoms with Crippen LogP contribution in [0.2, 0.25) is 0 Å². The van der Waals surface area contributed by atoms with E-state index in [1.807, 2.05) is 35.0 Å². The normalized spacial score (nSPS) is 13.3. The summed E-state index contributed by atoms with van der Waals surface area (Å²) in [5.41, 5.74) is 9.37. The van der Waals surface area contributed by atoms with Crippen molar-refractivity contribution in [1.82, 2.24) is 5.16 Å². The Bertz CT molecular complexity index is 780.